The molecule has 1 saturated carbocycles. The molecule has 0 unspecified atom stereocenters. The fraction of sp³-hybridized carbons (Fsp3) is 0.520. The average Bonchev–Trinajstić information content (AvgIpc) is 3.18. The van der Waals surface area contributed by atoms with Crippen molar-refractivity contribution in [3.63, 3.8) is 0 Å². The molecule has 3 rings (SSSR count). The summed E-state index contributed by atoms with van der Waals surface area (Å²) in [7, 11) is 0. The van der Waals surface area contributed by atoms with Crippen LogP contribution in [-0.4, -0.2) is 44.8 Å². The van der Waals surface area contributed by atoms with Gasteiger partial charge in [-0.15, -0.1) is 0 Å². The lowest BCUT2D eigenvalue weighted by Crippen LogP contribution is -2.48. The van der Waals surface area contributed by atoms with Gasteiger partial charge in [-0.05, 0) is 56.5 Å². The van der Waals surface area contributed by atoms with Crippen molar-refractivity contribution in [3.8, 4) is 0 Å². The maximum Gasteiger partial charge on any atom is 0.242 e. The molecule has 1 aliphatic rings. The highest BCUT2D eigenvalue weighted by Crippen LogP contribution is 2.25. The molecule has 0 spiro atoms. The van der Waals surface area contributed by atoms with Gasteiger partial charge in [0.05, 0.1) is 13.1 Å². The summed E-state index contributed by atoms with van der Waals surface area (Å²) >= 11 is 0. The largest absolute Gasteiger partial charge is 0.345 e. The summed E-state index contributed by atoms with van der Waals surface area (Å²) < 4.78 is 15.4. The normalized spacial score (nSPS) is 14.6. The Balaban J connectivity index is 1.79. The first-order valence-corrected chi connectivity index (χ1v) is 11.3. The highest BCUT2D eigenvalue weighted by molar-refractivity contribution is 5.84. The number of hydrogen-bond donors (Lipinski definition) is 0. The molecule has 1 heterocycles. The van der Waals surface area contributed by atoms with Crippen LogP contribution in [0.25, 0.3) is 0 Å². The molecule has 1 aromatic heterocycles. The molecule has 1 fully saturated rings. The summed E-state index contributed by atoms with van der Waals surface area (Å²) in [6, 6.07) is 10.7. The summed E-state index contributed by atoms with van der Waals surface area (Å²) in [6.45, 7) is 6.65. The van der Waals surface area contributed by atoms with Crippen molar-refractivity contribution in [3.05, 3.63) is 59.7 Å². The van der Waals surface area contributed by atoms with Crippen molar-refractivity contribution < 1.29 is 14.0 Å². The first-order chi connectivity index (χ1) is 14.8. The second-order valence-corrected chi connectivity index (χ2v) is 8.81. The Morgan fingerprint density at radius 3 is 2.39 bits per heavy atom. The third kappa shape index (κ3) is 6.18. The molecule has 0 bridgehead atoms. The minimum absolute atomic E-state index is 0.00494. The van der Waals surface area contributed by atoms with E-state index in [4.69, 9.17) is 0 Å². The first-order valence-electron chi connectivity index (χ1n) is 11.3. The van der Waals surface area contributed by atoms with Crippen molar-refractivity contribution in [2.75, 3.05) is 6.54 Å². The molecule has 2 aromatic rings. The SMILES string of the molecule is CC(=O)N(CC(=O)N(Cc1cccn1Cc1ccc(F)cc1)C1CCCCC1)C(C)C. The van der Waals surface area contributed by atoms with E-state index in [9.17, 15) is 14.0 Å². The predicted molar refractivity (Wildman–Crippen MR) is 120 cm³/mol. The Morgan fingerprint density at radius 1 is 1.10 bits per heavy atom. The van der Waals surface area contributed by atoms with Gasteiger partial charge in [0.25, 0.3) is 0 Å². The number of nitrogens with zero attached hydrogens (tertiary/aromatic N) is 3. The standard InChI is InChI=1S/C25H34FN3O2/c1-19(2)28(20(3)30)18-25(31)29(23-8-5-4-6-9-23)17-24-10-7-15-27(24)16-21-11-13-22(26)14-12-21/h7,10-15,19,23H,4-6,8-9,16-18H2,1-3H3. The minimum Gasteiger partial charge on any atom is -0.345 e. The van der Waals surface area contributed by atoms with Crippen LogP contribution in [0.5, 0.6) is 0 Å². The molecule has 5 nitrogen and oxygen atoms in total. The Hall–Kier alpha value is -2.63. The fourth-order valence-electron chi connectivity index (χ4n) is 4.42. The molecule has 0 radical (unpaired) electrons. The lowest BCUT2D eigenvalue weighted by Gasteiger charge is -2.36. The number of halogens is 1. The zero-order valence-corrected chi connectivity index (χ0v) is 18.9. The molecule has 0 aliphatic heterocycles. The first kappa shape index (κ1) is 23.0. The van der Waals surface area contributed by atoms with Gasteiger partial charge in [-0.2, -0.15) is 0 Å². The number of carbonyl (C=O) groups is 2. The van der Waals surface area contributed by atoms with Crippen molar-refractivity contribution in [1.29, 1.82) is 0 Å². The number of rotatable bonds is 8. The van der Waals surface area contributed by atoms with E-state index in [0.717, 1.165) is 36.9 Å². The van der Waals surface area contributed by atoms with Crippen LogP contribution in [0, 0.1) is 5.82 Å². The number of benzene rings is 1. The molecule has 6 heteroatoms. The van der Waals surface area contributed by atoms with Gasteiger partial charge in [0.2, 0.25) is 11.8 Å². The lowest BCUT2D eigenvalue weighted by atomic mass is 9.94. The monoisotopic (exact) mass is 427 g/mol. The minimum atomic E-state index is -0.245. The van der Waals surface area contributed by atoms with E-state index in [0.29, 0.717) is 13.1 Å². The van der Waals surface area contributed by atoms with Crippen LogP contribution in [0.15, 0.2) is 42.6 Å². The van der Waals surface area contributed by atoms with Gasteiger partial charge in [0.1, 0.15) is 5.82 Å². The van der Waals surface area contributed by atoms with Gasteiger partial charge in [-0.1, -0.05) is 31.4 Å². The summed E-state index contributed by atoms with van der Waals surface area (Å²) in [4.78, 5) is 29.0. The van der Waals surface area contributed by atoms with E-state index in [2.05, 4.69) is 4.57 Å². The van der Waals surface area contributed by atoms with Gasteiger partial charge in [0.15, 0.2) is 0 Å². The smallest absolute Gasteiger partial charge is 0.242 e. The highest BCUT2D eigenvalue weighted by atomic mass is 19.1. The van der Waals surface area contributed by atoms with Crippen LogP contribution in [0.3, 0.4) is 0 Å². The Kier molecular flexibility index (Phi) is 7.88. The number of hydrogen-bond acceptors (Lipinski definition) is 2. The van der Waals surface area contributed by atoms with Crippen LogP contribution in [0.4, 0.5) is 4.39 Å². The molecular formula is C25H34FN3O2. The van der Waals surface area contributed by atoms with E-state index >= 15 is 0 Å². The van der Waals surface area contributed by atoms with Gasteiger partial charge in [-0.3, -0.25) is 9.59 Å². The molecule has 168 valence electrons. The van der Waals surface area contributed by atoms with Crippen molar-refractivity contribution >= 4 is 11.8 Å². The second kappa shape index (κ2) is 10.6. The molecule has 1 aromatic carbocycles. The summed E-state index contributed by atoms with van der Waals surface area (Å²) in [6.07, 6.45) is 7.48. The summed E-state index contributed by atoms with van der Waals surface area (Å²) in [5, 5.41) is 0. The topological polar surface area (TPSA) is 45.6 Å². The van der Waals surface area contributed by atoms with Crippen LogP contribution in [0.1, 0.15) is 64.1 Å². The van der Waals surface area contributed by atoms with E-state index in [1.54, 1.807) is 17.0 Å². The van der Waals surface area contributed by atoms with Gasteiger partial charge in [0, 0.05) is 37.4 Å². The van der Waals surface area contributed by atoms with Crippen LogP contribution in [-0.2, 0) is 22.7 Å². The van der Waals surface area contributed by atoms with Crippen LogP contribution < -0.4 is 0 Å². The Bertz CT molecular complexity index is 869. The quantitative estimate of drug-likeness (QED) is 0.618. The second-order valence-electron chi connectivity index (χ2n) is 8.81. The Labute approximate surface area is 184 Å². The van der Waals surface area contributed by atoms with E-state index in [-0.39, 0.29) is 36.3 Å². The molecule has 1 aliphatic carbocycles. The van der Waals surface area contributed by atoms with Crippen LogP contribution in [0.2, 0.25) is 0 Å². The predicted octanol–water partition coefficient (Wildman–Crippen LogP) is 4.59. The van der Waals surface area contributed by atoms with Gasteiger partial charge >= 0.3 is 0 Å². The molecule has 2 amide bonds. The maximum absolute atomic E-state index is 13.4. The van der Waals surface area contributed by atoms with Crippen molar-refractivity contribution in [2.45, 2.75) is 78.0 Å². The number of carbonyl (C=O) groups excluding carboxylic acids is 2. The van der Waals surface area contributed by atoms with E-state index in [1.165, 1.54) is 25.5 Å². The fourth-order valence-corrected chi connectivity index (χ4v) is 4.42. The van der Waals surface area contributed by atoms with Gasteiger partial charge < -0.3 is 14.4 Å². The third-order valence-corrected chi connectivity index (χ3v) is 6.19. The lowest BCUT2D eigenvalue weighted by molar-refractivity contribution is -0.143. The van der Waals surface area contributed by atoms with E-state index < -0.39 is 0 Å². The third-order valence-electron chi connectivity index (χ3n) is 6.19. The summed E-state index contributed by atoms with van der Waals surface area (Å²) in [5.74, 6) is -0.317. The summed E-state index contributed by atoms with van der Waals surface area (Å²) in [5.41, 5.74) is 2.05. The maximum atomic E-state index is 13.4. The van der Waals surface area contributed by atoms with Crippen molar-refractivity contribution in [1.82, 2.24) is 14.4 Å². The van der Waals surface area contributed by atoms with Gasteiger partial charge in [-0.25, -0.2) is 4.39 Å². The average molecular weight is 428 g/mol. The zero-order valence-electron chi connectivity index (χ0n) is 18.9. The molecule has 0 N–H and O–H groups in total. The number of aromatic nitrogens is 1. The number of amides is 2. The zero-order chi connectivity index (χ0) is 22.4. The molecular weight excluding hydrogens is 393 g/mol. The van der Waals surface area contributed by atoms with Crippen LogP contribution >= 0.6 is 0 Å². The Morgan fingerprint density at radius 2 is 1.77 bits per heavy atom. The highest BCUT2D eigenvalue weighted by Gasteiger charge is 2.28. The van der Waals surface area contributed by atoms with E-state index in [1.807, 2.05) is 37.1 Å². The molecule has 0 atom stereocenters. The molecule has 31 heavy (non-hydrogen) atoms. The molecule has 0 saturated heterocycles. The van der Waals surface area contributed by atoms with Crippen molar-refractivity contribution in [2.24, 2.45) is 0 Å².